The van der Waals surface area contributed by atoms with Gasteiger partial charge in [0, 0.05) is 17.5 Å². The second kappa shape index (κ2) is 5.71. The summed E-state index contributed by atoms with van der Waals surface area (Å²) >= 11 is 1.49. The Morgan fingerprint density at radius 1 is 1.56 bits per heavy atom. The Morgan fingerprint density at radius 3 is 2.56 bits per heavy atom. The molecule has 0 spiro atoms. The van der Waals surface area contributed by atoms with Gasteiger partial charge in [-0.15, -0.1) is 11.3 Å². The largest absolute Gasteiger partial charge is 0.399 e. The van der Waals surface area contributed by atoms with Gasteiger partial charge in [-0.2, -0.15) is 13.2 Å². The highest BCUT2D eigenvalue weighted by Gasteiger charge is 2.42. The van der Waals surface area contributed by atoms with Crippen molar-refractivity contribution in [1.82, 2.24) is 4.90 Å². The Labute approximate surface area is 108 Å². The molecule has 3 N–H and O–H groups in total. The predicted octanol–water partition coefficient (Wildman–Crippen LogP) is 2.86. The summed E-state index contributed by atoms with van der Waals surface area (Å²) in [7, 11) is 1.60. The van der Waals surface area contributed by atoms with Crippen LogP contribution in [-0.4, -0.2) is 30.5 Å². The highest BCUT2D eigenvalue weighted by molar-refractivity contribution is 7.10. The fourth-order valence-electron chi connectivity index (χ4n) is 1.57. The van der Waals surface area contributed by atoms with Gasteiger partial charge < -0.3 is 5.73 Å². The molecule has 0 aromatic carbocycles. The summed E-state index contributed by atoms with van der Waals surface area (Å²) in [6.07, 6.45) is -4.48. The van der Waals surface area contributed by atoms with Gasteiger partial charge in [0.05, 0.1) is 0 Å². The van der Waals surface area contributed by atoms with E-state index in [4.69, 9.17) is 11.1 Å². The Balaban J connectivity index is 2.73. The first-order chi connectivity index (χ1) is 8.23. The first-order valence-corrected chi connectivity index (χ1v) is 6.25. The molecule has 2 unspecified atom stereocenters. The molecule has 0 radical (unpaired) electrons. The SMILES string of the molecule is CC(c1cccs1)N(C)CC(C(=N)N)C(F)(F)F. The van der Waals surface area contributed by atoms with Crippen molar-refractivity contribution in [3.63, 3.8) is 0 Å². The maximum absolute atomic E-state index is 12.7. The lowest BCUT2D eigenvalue weighted by Crippen LogP contribution is -2.43. The molecule has 0 bridgehead atoms. The zero-order valence-electron chi connectivity index (χ0n) is 10.2. The van der Waals surface area contributed by atoms with Crippen LogP contribution in [0.25, 0.3) is 0 Å². The van der Waals surface area contributed by atoms with Crippen molar-refractivity contribution in [1.29, 1.82) is 5.41 Å². The van der Waals surface area contributed by atoms with Crippen LogP contribution < -0.4 is 5.73 Å². The molecule has 7 heteroatoms. The van der Waals surface area contributed by atoms with Gasteiger partial charge >= 0.3 is 6.18 Å². The summed E-state index contributed by atoms with van der Waals surface area (Å²) in [5.41, 5.74) is 5.03. The average Bonchev–Trinajstić information content (AvgIpc) is 2.75. The molecule has 102 valence electrons. The number of halogens is 3. The third-order valence-corrected chi connectivity index (χ3v) is 3.90. The van der Waals surface area contributed by atoms with Crippen LogP contribution in [0, 0.1) is 11.3 Å². The van der Waals surface area contributed by atoms with E-state index in [-0.39, 0.29) is 12.6 Å². The van der Waals surface area contributed by atoms with Gasteiger partial charge in [0.2, 0.25) is 0 Å². The highest BCUT2D eigenvalue weighted by Crippen LogP contribution is 2.30. The third-order valence-electron chi connectivity index (χ3n) is 2.86. The maximum Gasteiger partial charge on any atom is 0.399 e. The van der Waals surface area contributed by atoms with Crippen molar-refractivity contribution in [2.45, 2.75) is 19.1 Å². The van der Waals surface area contributed by atoms with Gasteiger partial charge in [-0.25, -0.2) is 0 Å². The fourth-order valence-corrected chi connectivity index (χ4v) is 2.42. The van der Waals surface area contributed by atoms with Crippen LogP contribution in [0.5, 0.6) is 0 Å². The molecule has 0 aliphatic rings. The van der Waals surface area contributed by atoms with Crippen molar-refractivity contribution >= 4 is 17.2 Å². The van der Waals surface area contributed by atoms with Crippen LogP contribution >= 0.6 is 11.3 Å². The molecule has 0 fully saturated rings. The molecule has 1 heterocycles. The number of alkyl halides is 3. The molecule has 18 heavy (non-hydrogen) atoms. The first kappa shape index (κ1) is 15.0. The van der Waals surface area contributed by atoms with Crippen LogP contribution in [0.1, 0.15) is 17.8 Å². The molecule has 0 saturated carbocycles. The molecule has 1 aromatic rings. The smallest absolute Gasteiger partial charge is 0.387 e. The second-order valence-electron chi connectivity index (χ2n) is 4.18. The third kappa shape index (κ3) is 3.71. The number of amidine groups is 1. The van der Waals surface area contributed by atoms with Crippen LogP contribution in [-0.2, 0) is 0 Å². The van der Waals surface area contributed by atoms with Gasteiger partial charge in [0.1, 0.15) is 11.8 Å². The summed E-state index contributed by atoms with van der Waals surface area (Å²) in [5.74, 6) is -2.75. The van der Waals surface area contributed by atoms with E-state index in [1.54, 1.807) is 11.9 Å². The van der Waals surface area contributed by atoms with E-state index in [9.17, 15) is 13.2 Å². The zero-order chi connectivity index (χ0) is 13.9. The Morgan fingerprint density at radius 2 is 2.17 bits per heavy atom. The predicted molar refractivity (Wildman–Crippen MR) is 66.8 cm³/mol. The topological polar surface area (TPSA) is 53.1 Å². The van der Waals surface area contributed by atoms with Gasteiger partial charge in [-0.1, -0.05) is 6.07 Å². The van der Waals surface area contributed by atoms with Crippen molar-refractivity contribution in [2.75, 3.05) is 13.6 Å². The molecule has 0 saturated heterocycles. The standard InChI is InChI=1S/C11H16F3N3S/c1-7(9-4-3-5-18-9)17(2)6-8(10(15)16)11(12,13)14/h3-5,7-8H,6H2,1-2H3,(H3,15,16). The molecule has 0 amide bonds. The summed E-state index contributed by atoms with van der Waals surface area (Å²) < 4.78 is 38.1. The number of rotatable bonds is 5. The summed E-state index contributed by atoms with van der Waals surface area (Å²) in [4.78, 5) is 2.55. The molecule has 1 aromatic heterocycles. The normalized spacial score (nSPS) is 15.7. The number of hydrogen-bond donors (Lipinski definition) is 2. The number of nitrogens with one attached hydrogen (secondary N) is 1. The second-order valence-corrected chi connectivity index (χ2v) is 5.16. The quantitative estimate of drug-likeness (QED) is 0.643. The summed E-state index contributed by atoms with van der Waals surface area (Å²) in [6, 6.07) is 3.60. The lowest BCUT2D eigenvalue weighted by molar-refractivity contribution is -0.160. The molecule has 3 nitrogen and oxygen atoms in total. The minimum absolute atomic E-state index is 0.130. The van der Waals surface area contributed by atoms with E-state index in [1.807, 2.05) is 24.4 Å². The van der Waals surface area contributed by atoms with Gasteiger partial charge in [0.25, 0.3) is 0 Å². The highest BCUT2D eigenvalue weighted by atomic mass is 32.1. The van der Waals surface area contributed by atoms with Crippen LogP contribution in [0.15, 0.2) is 17.5 Å². The molecule has 0 aliphatic carbocycles. The van der Waals surface area contributed by atoms with E-state index in [0.29, 0.717) is 0 Å². The van der Waals surface area contributed by atoms with Gasteiger partial charge in [-0.05, 0) is 25.4 Å². The van der Waals surface area contributed by atoms with E-state index in [1.165, 1.54) is 11.3 Å². The lowest BCUT2D eigenvalue weighted by atomic mass is 10.1. The Kier molecular flexibility index (Phi) is 4.75. The van der Waals surface area contributed by atoms with Gasteiger partial charge in [0.15, 0.2) is 0 Å². The van der Waals surface area contributed by atoms with E-state index in [2.05, 4.69) is 0 Å². The summed E-state index contributed by atoms with van der Waals surface area (Å²) in [5, 5.41) is 8.93. The molecular weight excluding hydrogens is 263 g/mol. The number of thiophene rings is 1. The fraction of sp³-hybridized carbons (Fsp3) is 0.545. The van der Waals surface area contributed by atoms with Crippen LogP contribution in [0.2, 0.25) is 0 Å². The van der Waals surface area contributed by atoms with Crippen molar-refractivity contribution in [3.8, 4) is 0 Å². The minimum Gasteiger partial charge on any atom is -0.387 e. The van der Waals surface area contributed by atoms with E-state index >= 15 is 0 Å². The van der Waals surface area contributed by atoms with Crippen LogP contribution in [0.4, 0.5) is 13.2 Å². The van der Waals surface area contributed by atoms with Crippen LogP contribution in [0.3, 0.4) is 0 Å². The number of nitrogens with two attached hydrogens (primary N) is 1. The van der Waals surface area contributed by atoms with Gasteiger partial charge in [-0.3, -0.25) is 10.3 Å². The van der Waals surface area contributed by atoms with Crippen molar-refractivity contribution < 1.29 is 13.2 Å². The maximum atomic E-state index is 12.7. The Bertz CT molecular complexity index is 389. The molecule has 2 atom stereocenters. The van der Waals surface area contributed by atoms with E-state index < -0.39 is 17.9 Å². The monoisotopic (exact) mass is 279 g/mol. The number of nitrogens with zero attached hydrogens (tertiary/aromatic N) is 1. The Hall–Kier alpha value is -1.08. The number of hydrogen-bond acceptors (Lipinski definition) is 3. The van der Waals surface area contributed by atoms with Crippen molar-refractivity contribution in [3.05, 3.63) is 22.4 Å². The van der Waals surface area contributed by atoms with Crippen molar-refractivity contribution in [2.24, 2.45) is 11.7 Å². The molecule has 0 aliphatic heterocycles. The lowest BCUT2D eigenvalue weighted by Gasteiger charge is -2.29. The summed E-state index contributed by atoms with van der Waals surface area (Å²) in [6.45, 7) is 1.53. The zero-order valence-corrected chi connectivity index (χ0v) is 11.0. The molecule has 1 rings (SSSR count). The average molecular weight is 279 g/mol. The minimum atomic E-state index is -4.48. The first-order valence-electron chi connectivity index (χ1n) is 5.37. The van der Waals surface area contributed by atoms with E-state index in [0.717, 1.165) is 4.88 Å². The molecular formula is C11H16F3N3S.